The first kappa shape index (κ1) is 12.9. The van der Waals surface area contributed by atoms with E-state index in [2.05, 4.69) is 6.07 Å². The number of para-hydroxylation sites is 1. The summed E-state index contributed by atoms with van der Waals surface area (Å²) in [6, 6.07) is 15.5. The van der Waals surface area contributed by atoms with Gasteiger partial charge in [-0.3, -0.25) is 0 Å². The van der Waals surface area contributed by atoms with Crippen LogP contribution < -0.4 is 0 Å². The zero-order chi connectivity index (χ0) is 14.3. The summed E-state index contributed by atoms with van der Waals surface area (Å²) in [5.74, 6) is 0. The van der Waals surface area contributed by atoms with Gasteiger partial charge in [-0.2, -0.15) is 0 Å². The van der Waals surface area contributed by atoms with Crippen molar-refractivity contribution in [2.45, 2.75) is 18.7 Å². The van der Waals surface area contributed by atoms with E-state index < -0.39 is 10.0 Å². The van der Waals surface area contributed by atoms with Crippen LogP contribution in [0.25, 0.3) is 10.9 Å². The van der Waals surface area contributed by atoms with Crippen LogP contribution in [0.15, 0.2) is 53.6 Å². The van der Waals surface area contributed by atoms with E-state index in [9.17, 15) is 8.42 Å². The maximum atomic E-state index is 12.7. The molecule has 4 heteroatoms. The third-order valence-corrected chi connectivity index (χ3v) is 5.18. The van der Waals surface area contributed by atoms with Crippen LogP contribution in [0.4, 0.5) is 0 Å². The number of nitrogens with zero attached hydrogens (tertiary/aromatic N) is 1. The second kappa shape index (κ2) is 4.49. The average molecular weight is 284 g/mol. The molecule has 1 heterocycles. The lowest BCUT2D eigenvalue weighted by molar-refractivity contribution is 0.589. The number of benzene rings is 2. The summed E-state index contributed by atoms with van der Waals surface area (Å²) >= 11 is 0. The fraction of sp³-hybridized carbons (Fsp3) is 0.125. The quantitative estimate of drug-likeness (QED) is 0.724. The molecule has 20 heavy (non-hydrogen) atoms. The zero-order valence-corrected chi connectivity index (χ0v) is 12.1. The van der Waals surface area contributed by atoms with E-state index in [0.717, 1.165) is 16.5 Å². The van der Waals surface area contributed by atoms with E-state index in [-0.39, 0.29) is 0 Å². The molecular weight excluding hydrogens is 270 g/mol. The molecule has 0 spiro atoms. The highest BCUT2D eigenvalue weighted by Crippen LogP contribution is 2.23. The molecule has 3 aromatic rings. The van der Waals surface area contributed by atoms with Crippen LogP contribution in [-0.2, 0) is 10.0 Å². The maximum absolute atomic E-state index is 12.7. The van der Waals surface area contributed by atoms with Crippen LogP contribution in [0, 0.1) is 19.9 Å². The van der Waals surface area contributed by atoms with Gasteiger partial charge in [0.2, 0.25) is 0 Å². The van der Waals surface area contributed by atoms with Crippen molar-refractivity contribution < 1.29 is 8.42 Å². The van der Waals surface area contributed by atoms with E-state index in [0.29, 0.717) is 10.4 Å². The monoisotopic (exact) mass is 284 g/mol. The van der Waals surface area contributed by atoms with Crippen LogP contribution >= 0.6 is 0 Å². The van der Waals surface area contributed by atoms with Crippen LogP contribution in [0.3, 0.4) is 0 Å². The molecule has 3 rings (SSSR count). The van der Waals surface area contributed by atoms with Gasteiger partial charge >= 0.3 is 0 Å². The van der Waals surface area contributed by atoms with Gasteiger partial charge in [-0.15, -0.1) is 0 Å². The molecule has 2 aromatic carbocycles. The number of hydrogen-bond donors (Lipinski definition) is 0. The molecule has 0 saturated heterocycles. The minimum atomic E-state index is -3.58. The minimum Gasteiger partial charge on any atom is -0.241 e. The van der Waals surface area contributed by atoms with Crippen molar-refractivity contribution in [2.75, 3.05) is 0 Å². The van der Waals surface area contributed by atoms with Crippen LogP contribution in [0.2, 0.25) is 0 Å². The van der Waals surface area contributed by atoms with E-state index in [1.165, 1.54) is 10.2 Å². The van der Waals surface area contributed by atoms with Gasteiger partial charge in [0, 0.05) is 17.6 Å². The number of aromatic nitrogens is 1. The number of fused-ring (bicyclic) bond motifs is 1. The Bertz CT molecular complexity index is 892. The Morgan fingerprint density at radius 1 is 1.00 bits per heavy atom. The third-order valence-electron chi connectivity index (χ3n) is 3.51. The Balaban J connectivity index is 2.23. The van der Waals surface area contributed by atoms with Gasteiger partial charge in [-0.25, -0.2) is 12.4 Å². The van der Waals surface area contributed by atoms with Gasteiger partial charge in [0.05, 0.1) is 10.4 Å². The topological polar surface area (TPSA) is 39.1 Å². The average Bonchev–Trinajstić information content (AvgIpc) is 2.86. The molecule has 101 valence electrons. The van der Waals surface area contributed by atoms with Gasteiger partial charge < -0.3 is 0 Å². The summed E-state index contributed by atoms with van der Waals surface area (Å²) in [6.45, 7) is 3.87. The molecule has 0 atom stereocenters. The number of rotatable bonds is 2. The summed E-state index contributed by atoms with van der Waals surface area (Å²) in [7, 11) is -3.58. The molecule has 0 N–H and O–H groups in total. The SMILES string of the molecule is Cc1ccc(S(=O)(=O)n2c[c]c3ccccc32)cc1C. The zero-order valence-electron chi connectivity index (χ0n) is 11.3. The maximum Gasteiger partial charge on any atom is 0.268 e. The largest absolute Gasteiger partial charge is 0.268 e. The fourth-order valence-corrected chi connectivity index (χ4v) is 3.57. The molecule has 0 amide bonds. The predicted octanol–water partition coefficient (Wildman–Crippen LogP) is 3.30. The molecule has 0 bridgehead atoms. The van der Waals surface area contributed by atoms with Crippen molar-refractivity contribution in [3.8, 4) is 0 Å². The molecule has 0 saturated carbocycles. The van der Waals surface area contributed by atoms with Crippen LogP contribution in [0.5, 0.6) is 0 Å². The second-order valence-electron chi connectivity index (χ2n) is 4.84. The van der Waals surface area contributed by atoms with E-state index in [1.54, 1.807) is 18.2 Å². The van der Waals surface area contributed by atoms with Crippen molar-refractivity contribution in [3.63, 3.8) is 0 Å². The molecule has 0 aliphatic rings. The third kappa shape index (κ3) is 1.93. The van der Waals surface area contributed by atoms with Gasteiger partial charge in [0.15, 0.2) is 0 Å². The van der Waals surface area contributed by atoms with E-state index in [4.69, 9.17) is 0 Å². The first-order valence-electron chi connectivity index (χ1n) is 6.31. The van der Waals surface area contributed by atoms with Crippen molar-refractivity contribution in [1.29, 1.82) is 0 Å². The smallest absolute Gasteiger partial charge is 0.241 e. The Hall–Kier alpha value is -2.07. The van der Waals surface area contributed by atoms with Crippen molar-refractivity contribution >= 4 is 20.9 Å². The Morgan fingerprint density at radius 3 is 2.50 bits per heavy atom. The standard InChI is InChI=1S/C16H14NO2S/c1-12-7-8-15(11-13(12)2)20(18,19)17-10-9-14-5-3-4-6-16(14)17/h3-8,10-11H,1-2H3. The Morgan fingerprint density at radius 2 is 1.75 bits per heavy atom. The highest BCUT2D eigenvalue weighted by atomic mass is 32.2. The molecule has 0 unspecified atom stereocenters. The number of aryl methyl sites for hydroxylation is 2. The summed E-state index contributed by atoms with van der Waals surface area (Å²) in [5, 5.41) is 0.792. The normalized spacial score (nSPS) is 11.9. The highest BCUT2D eigenvalue weighted by Gasteiger charge is 2.19. The van der Waals surface area contributed by atoms with Gasteiger partial charge in [0.1, 0.15) is 0 Å². The first-order valence-corrected chi connectivity index (χ1v) is 7.75. The van der Waals surface area contributed by atoms with E-state index >= 15 is 0 Å². The van der Waals surface area contributed by atoms with Gasteiger partial charge in [-0.05, 0) is 43.2 Å². The van der Waals surface area contributed by atoms with Crippen molar-refractivity contribution in [3.05, 3.63) is 65.9 Å². The Labute approximate surface area is 118 Å². The first-order chi connectivity index (χ1) is 9.50. The molecule has 1 radical (unpaired) electrons. The fourth-order valence-electron chi connectivity index (χ4n) is 2.17. The van der Waals surface area contributed by atoms with Crippen LogP contribution in [-0.4, -0.2) is 12.4 Å². The summed E-state index contributed by atoms with van der Waals surface area (Å²) < 4.78 is 26.7. The lowest BCUT2D eigenvalue weighted by Gasteiger charge is -2.09. The molecule has 3 nitrogen and oxygen atoms in total. The summed E-state index contributed by atoms with van der Waals surface area (Å²) in [6.07, 6.45) is 1.48. The molecule has 0 aliphatic heterocycles. The molecule has 1 aromatic heterocycles. The summed E-state index contributed by atoms with van der Waals surface area (Å²) in [5.41, 5.74) is 2.69. The van der Waals surface area contributed by atoms with Crippen LogP contribution in [0.1, 0.15) is 11.1 Å². The van der Waals surface area contributed by atoms with Crippen molar-refractivity contribution in [2.24, 2.45) is 0 Å². The molecule has 0 fully saturated rings. The lowest BCUT2D eigenvalue weighted by atomic mass is 10.1. The highest BCUT2D eigenvalue weighted by molar-refractivity contribution is 7.90. The summed E-state index contributed by atoms with van der Waals surface area (Å²) in [4.78, 5) is 0.301. The Kier molecular flexibility index (Phi) is 2.91. The van der Waals surface area contributed by atoms with Gasteiger partial charge in [0.25, 0.3) is 10.0 Å². The number of hydrogen-bond acceptors (Lipinski definition) is 2. The van der Waals surface area contributed by atoms with Gasteiger partial charge in [-0.1, -0.05) is 24.3 Å². The van der Waals surface area contributed by atoms with Crippen molar-refractivity contribution in [1.82, 2.24) is 3.97 Å². The lowest BCUT2D eigenvalue weighted by Crippen LogP contribution is -2.12. The molecule has 0 aliphatic carbocycles. The molecular formula is C16H14NO2S. The van der Waals surface area contributed by atoms with E-state index in [1.807, 2.05) is 38.1 Å². The minimum absolute atomic E-state index is 0.301. The predicted molar refractivity (Wildman–Crippen MR) is 79.3 cm³/mol. The second-order valence-corrected chi connectivity index (χ2v) is 6.65.